The first kappa shape index (κ1) is 12.2. The van der Waals surface area contributed by atoms with Gasteiger partial charge in [0, 0.05) is 18.7 Å². The molecule has 0 spiro atoms. The van der Waals surface area contributed by atoms with E-state index in [1.54, 1.807) is 0 Å². The number of rotatable bonds is 0. The van der Waals surface area contributed by atoms with Gasteiger partial charge in [0.2, 0.25) is 0 Å². The van der Waals surface area contributed by atoms with Gasteiger partial charge in [-0.05, 0) is 32.6 Å². The number of nitrogens with zero attached hydrogens (tertiary/aromatic N) is 1. The highest BCUT2D eigenvalue weighted by Gasteiger charge is 2.16. The van der Waals surface area contributed by atoms with E-state index in [0.717, 1.165) is 37.9 Å². The molecule has 2 nitrogen and oxygen atoms in total. The average molecular weight is 207 g/mol. The average Bonchev–Trinajstić information content (AvgIpc) is 2.24. The summed E-state index contributed by atoms with van der Waals surface area (Å²) in [5.74, 6) is 0.301. The van der Waals surface area contributed by atoms with Crippen molar-refractivity contribution in [3.05, 3.63) is 12.2 Å². The van der Waals surface area contributed by atoms with Crippen LogP contribution in [0.4, 0.5) is 0 Å². The summed E-state index contributed by atoms with van der Waals surface area (Å²) in [5, 5.41) is 0. The summed E-state index contributed by atoms with van der Waals surface area (Å²) in [7, 11) is 0. The number of carbonyl (C=O) groups is 1. The zero-order valence-corrected chi connectivity index (χ0v) is 9.88. The summed E-state index contributed by atoms with van der Waals surface area (Å²) in [6.45, 7) is 8.79. The van der Waals surface area contributed by atoms with Crippen LogP contribution < -0.4 is 0 Å². The van der Waals surface area contributed by atoms with Crippen LogP contribution in [0.1, 0.15) is 46.0 Å². The second-order valence-corrected chi connectivity index (χ2v) is 4.42. The van der Waals surface area contributed by atoms with Gasteiger partial charge in [0.05, 0.1) is 5.92 Å². The minimum Gasteiger partial charge on any atom is -0.299 e. The lowest BCUT2D eigenvalue weighted by Crippen LogP contribution is -2.18. The van der Waals surface area contributed by atoms with E-state index in [0.29, 0.717) is 12.2 Å². The monoisotopic (exact) mass is 207 g/mol. The molecule has 1 aliphatic rings. The van der Waals surface area contributed by atoms with Crippen molar-refractivity contribution >= 4 is 11.5 Å². The number of allylic oxidation sites excluding steroid dienone is 1. The molecule has 0 aliphatic carbocycles. The second kappa shape index (κ2) is 5.84. The van der Waals surface area contributed by atoms with Gasteiger partial charge in [-0.3, -0.25) is 9.79 Å². The number of aliphatic imine (C=N–C) groups is 1. The van der Waals surface area contributed by atoms with E-state index in [-0.39, 0.29) is 5.92 Å². The van der Waals surface area contributed by atoms with Gasteiger partial charge in [0.25, 0.3) is 0 Å². The molecule has 0 aromatic rings. The molecule has 1 aliphatic heterocycles. The molecule has 1 unspecified atom stereocenters. The van der Waals surface area contributed by atoms with E-state index in [2.05, 4.69) is 11.6 Å². The molecule has 0 saturated heterocycles. The molecule has 0 saturated carbocycles. The summed E-state index contributed by atoms with van der Waals surface area (Å²) in [4.78, 5) is 16.2. The van der Waals surface area contributed by atoms with Crippen molar-refractivity contribution in [3.63, 3.8) is 0 Å². The summed E-state index contributed by atoms with van der Waals surface area (Å²) < 4.78 is 0. The first-order valence-electron chi connectivity index (χ1n) is 5.81. The lowest BCUT2D eigenvalue weighted by Gasteiger charge is -2.09. The van der Waals surface area contributed by atoms with Crippen LogP contribution in [-0.2, 0) is 4.79 Å². The number of ketones is 1. The highest BCUT2D eigenvalue weighted by molar-refractivity contribution is 6.03. The molecule has 15 heavy (non-hydrogen) atoms. The van der Waals surface area contributed by atoms with E-state index in [1.807, 2.05) is 13.8 Å². The Morgan fingerprint density at radius 1 is 1.27 bits per heavy atom. The van der Waals surface area contributed by atoms with E-state index >= 15 is 0 Å². The van der Waals surface area contributed by atoms with Crippen LogP contribution in [0.25, 0.3) is 0 Å². The lowest BCUT2D eigenvalue weighted by atomic mass is 9.95. The molecule has 1 heterocycles. The molecule has 0 aromatic heterocycles. The van der Waals surface area contributed by atoms with Crippen molar-refractivity contribution in [1.29, 1.82) is 0 Å². The van der Waals surface area contributed by atoms with Crippen LogP contribution >= 0.6 is 0 Å². The summed E-state index contributed by atoms with van der Waals surface area (Å²) in [5.41, 5.74) is 2.21. The Balaban J connectivity index is 2.66. The van der Waals surface area contributed by atoms with Gasteiger partial charge in [-0.25, -0.2) is 0 Å². The zero-order chi connectivity index (χ0) is 11.3. The molecule has 0 aromatic carbocycles. The molecular weight excluding hydrogens is 186 g/mol. The van der Waals surface area contributed by atoms with Crippen molar-refractivity contribution in [2.75, 3.05) is 6.54 Å². The maximum Gasteiger partial charge on any atom is 0.141 e. The van der Waals surface area contributed by atoms with E-state index < -0.39 is 0 Å². The molecule has 2 heteroatoms. The summed E-state index contributed by atoms with van der Waals surface area (Å²) in [6, 6.07) is 0. The predicted molar refractivity (Wildman–Crippen MR) is 64.4 cm³/mol. The minimum atomic E-state index is -0.00380. The molecular formula is C13H21NO. The highest BCUT2D eigenvalue weighted by atomic mass is 16.1. The Morgan fingerprint density at radius 3 is 2.73 bits per heavy atom. The standard InChI is InChI=1S/C13H21NO/c1-10-6-4-5-9-14-12(3)11(2)13(15)8-7-10/h11H,1,4-9H2,2-3H3. The van der Waals surface area contributed by atoms with Crippen LogP contribution in [0.5, 0.6) is 0 Å². The summed E-state index contributed by atoms with van der Waals surface area (Å²) >= 11 is 0. The van der Waals surface area contributed by atoms with Gasteiger partial charge in [-0.2, -0.15) is 0 Å². The van der Waals surface area contributed by atoms with E-state index in [4.69, 9.17) is 0 Å². The third kappa shape index (κ3) is 3.98. The second-order valence-electron chi connectivity index (χ2n) is 4.42. The molecule has 0 bridgehead atoms. The fourth-order valence-electron chi connectivity index (χ4n) is 1.75. The van der Waals surface area contributed by atoms with Crippen molar-refractivity contribution < 1.29 is 4.79 Å². The largest absolute Gasteiger partial charge is 0.299 e. The Bertz CT molecular complexity index is 278. The molecule has 0 fully saturated rings. The zero-order valence-electron chi connectivity index (χ0n) is 9.88. The molecule has 0 amide bonds. The van der Waals surface area contributed by atoms with Crippen molar-refractivity contribution in [2.24, 2.45) is 10.9 Å². The van der Waals surface area contributed by atoms with Crippen LogP contribution in [0.3, 0.4) is 0 Å². The van der Waals surface area contributed by atoms with Gasteiger partial charge in [0.15, 0.2) is 0 Å². The maximum atomic E-state index is 11.8. The van der Waals surface area contributed by atoms with Gasteiger partial charge in [-0.15, -0.1) is 0 Å². The molecule has 0 radical (unpaired) electrons. The number of Topliss-reactive ketones (excluding diaryl/α,β-unsaturated/α-hetero) is 1. The normalized spacial score (nSPS) is 25.7. The van der Waals surface area contributed by atoms with Gasteiger partial charge in [-0.1, -0.05) is 19.1 Å². The number of hydrogen-bond donors (Lipinski definition) is 0. The van der Waals surface area contributed by atoms with Crippen LogP contribution in [0, 0.1) is 5.92 Å². The fraction of sp³-hybridized carbons (Fsp3) is 0.692. The van der Waals surface area contributed by atoms with Crippen LogP contribution in [-0.4, -0.2) is 18.0 Å². The first-order chi connectivity index (χ1) is 7.11. The predicted octanol–water partition coefficient (Wildman–Crippen LogP) is 3.17. The molecule has 0 N–H and O–H groups in total. The first-order valence-corrected chi connectivity index (χ1v) is 5.81. The molecule has 1 atom stereocenters. The SMILES string of the molecule is C=C1CCCCN=C(C)C(C)C(=O)CC1. The van der Waals surface area contributed by atoms with Gasteiger partial charge in [0.1, 0.15) is 5.78 Å². The Morgan fingerprint density at radius 2 is 2.00 bits per heavy atom. The summed E-state index contributed by atoms with van der Waals surface area (Å²) in [6.07, 6.45) is 4.80. The Hall–Kier alpha value is -0.920. The van der Waals surface area contributed by atoms with Crippen molar-refractivity contribution in [3.8, 4) is 0 Å². The van der Waals surface area contributed by atoms with E-state index in [1.165, 1.54) is 5.57 Å². The van der Waals surface area contributed by atoms with Crippen molar-refractivity contribution in [2.45, 2.75) is 46.0 Å². The Kier molecular flexibility index (Phi) is 4.73. The third-order valence-corrected chi connectivity index (χ3v) is 3.13. The molecule has 1 rings (SSSR count). The topological polar surface area (TPSA) is 29.4 Å². The lowest BCUT2D eigenvalue weighted by molar-refractivity contribution is -0.120. The third-order valence-electron chi connectivity index (χ3n) is 3.13. The Labute approximate surface area is 92.5 Å². The van der Waals surface area contributed by atoms with Crippen LogP contribution in [0.15, 0.2) is 17.1 Å². The fourth-order valence-corrected chi connectivity index (χ4v) is 1.75. The van der Waals surface area contributed by atoms with Gasteiger partial charge < -0.3 is 0 Å². The number of hydrogen-bond acceptors (Lipinski definition) is 2. The highest BCUT2D eigenvalue weighted by Crippen LogP contribution is 2.16. The van der Waals surface area contributed by atoms with Gasteiger partial charge >= 0.3 is 0 Å². The maximum absolute atomic E-state index is 11.8. The number of carbonyl (C=O) groups excluding carboxylic acids is 1. The van der Waals surface area contributed by atoms with Crippen LogP contribution in [0.2, 0.25) is 0 Å². The van der Waals surface area contributed by atoms with E-state index in [9.17, 15) is 4.79 Å². The minimum absolute atomic E-state index is 0.00380. The quantitative estimate of drug-likeness (QED) is 0.561. The molecule has 84 valence electrons. The smallest absolute Gasteiger partial charge is 0.141 e. The van der Waals surface area contributed by atoms with Crippen molar-refractivity contribution in [1.82, 2.24) is 0 Å².